The van der Waals surface area contributed by atoms with Gasteiger partial charge in [0.15, 0.2) is 0 Å². The number of carbonyl (C=O) groups is 1. The molecule has 0 atom stereocenters. The Morgan fingerprint density at radius 2 is 1.94 bits per heavy atom. The molecule has 0 aliphatic carbocycles. The van der Waals surface area contributed by atoms with Crippen molar-refractivity contribution in [2.75, 3.05) is 25.4 Å². The molecule has 4 heteroatoms. The number of carbonyl (C=O) groups excluding carboxylic acids is 1. The second kappa shape index (κ2) is 6.91. The van der Waals surface area contributed by atoms with Crippen LogP contribution in [0.25, 0.3) is 0 Å². The average molecular weight is 235 g/mol. The molecule has 1 amide bonds. The minimum absolute atomic E-state index is 0.0739. The van der Waals surface area contributed by atoms with Gasteiger partial charge in [-0.2, -0.15) is 0 Å². The predicted molar refractivity (Wildman–Crippen MR) is 70.5 cm³/mol. The summed E-state index contributed by atoms with van der Waals surface area (Å²) in [6.07, 6.45) is 0. The van der Waals surface area contributed by atoms with Crippen LogP contribution in [0.5, 0.6) is 0 Å². The Morgan fingerprint density at radius 3 is 2.47 bits per heavy atom. The van der Waals surface area contributed by atoms with Crippen LogP contribution in [0.2, 0.25) is 0 Å². The van der Waals surface area contributed by atoms with Gasteiger partial charge < -0.3 is 11.1 Å². The topological polar surface area (TPSA) is 58.4 Å². The fourth-order valence-corrected chi connectivity index (χ4v) is 1.62. The smallest absolute Gasteiger partial charge is 0.234 e. The van der Waals surface area contributed by atoms with Gasteiger partial charge in [0.1, 0.15) is 0 Å². The number of benzene rings is 1. The van der Waals surface area contributed by atoms with E-state index in [1.807, 2.05) is 31.2 Å². The van der Waals surface area contributed by atoms with Crippen molar-refractivity contribution in [2.24, 2.45) is 0 Å². The van der Waals surface area contributed by atoms with E-state index in [0.717, 1.165) is 18.8 Å². The fourth-order valence-electron chi connectivity index (χ4n) is 1.62. The molecule has 0 saturated heterocycles. The van der Waals surface area contributed by atoms with Crippen LogP contribution in [0.4, 0.5) is 5.69 Å². The van der Waals surface area contributed by atoms with Gasteiger partial charge in [0.05, 0.1) is 6.54 Å². The Balaban J connectivity index is 2.51. The molecule has 0 fully saturated rings. The Kier molecular flexibility index (Phi) is 5.49. The number of nitrogens with two attached hydrogens (primary N) is 1. The van der Waals surface area contributed by atoms with Crippen molar-refractivity contribution in [1.82, 2.24) is 10.2 Å². The first kappa shape index (κ1) is 13.5. The van der Waals surface area contributed by atoms with Crippen molar-refractivity contribution >= 4 is 11.6 Å². The second-order valence-corrected chi connectivity index (χ2v) is 4.00. The first-order valence-corrected chi connectivity index (χ1v) is 5.99. The van der Waals surface area contributed by atoms with Crippen molar-refractivity contribution < 1.29 is 4.79 Å². The van der Waals surface area contributed by atoms with Crippen LogP contribution >= 0.6 is 0 Å². The minimum Gasteiger partial charge on any atom is -0.399 e. The van der Waals surface area contributed by atoms with Gasteiger partial charge in [-0.15, -0.1) is 0 Å². The van der Waals surface area contributed by atoms with Crippen LogP contribution in [-0.4, -0.2) is 30.4 Å². The third-order valence-corrected chi connectivity index (χ3v) is 2.57. The van der Waals surface area contributed by atoms with E-state index in [4.69, 9.17) is 5.73 Å². The summed E-state index contributed by atoms with van der Waals surface area (Å²) in [4.78, 5) is 13.6. The molecular formula is C13H21N3O. The molecule has 0 unspecified atom stereocenters. The number of anilines is 1. The van der Waals surface area contributed by atoms with Crippen LogP contribution in [0.1, 0.15) is 19.4 Å². The second-order valence-electron chi connectivity index (χ2n) is 4.00. The van der Waals surface area contributed by atoms with E-state index < -0.39 is 0 Å². The number of amides is 1. The number of hydrogen-bond donors (Lipinski definition) is 2. The van der Waals surface area contributed by atoms with E-state index in [1.165, 1.54) is 5.56 Å². The summed E-state index contributed by atoms with van der Waals surface area (Å²) in [6, 6.07) is 7.76. The van der Waals surface area contributed by atoms with Crippen molar-refractivity contribution in [3.63, 3.8) is 0 Å². The number of hydrogen-bond acceptors (Lipinski definition) is 3. The van der Waals surface area contributed by atoms with Crippen molar-refractivity contribution in [3.8, 4) is 0 Å². The minimum atomic E-state index is 0.0739. The lowest BCUT2D eigenvalue weighted by molar-refractivity contribution is -0.122. The van der Waals surface area contributed by atoms with Gasteiger partial charge in [-0.3, -0.25) is 9.69 Å². The predicted octanol–water partition coefficient (Wildman–Crippen LogP) is 1.23. The van der Waals surface area contributed by atoms with Crippen LogP contribution in [-0.2, 0) is 11.3 Å². The fraction of sp³-hybridized carbons (Fsp3) is 0.462. The zero-order valence-corrected chi connectivity index (χ0v) is 10.6. The SMILES string of the molecule is CCNC(=O)CN(CC)Cc1ccc(N)cc1. The summed E-state index contributed by atoms with van der Waals surface area (Å²) in [7, 11) is 0. The van der Waals surface area contributed by atoms with E-state index in [-0.39, 0.29) is 5.91 Å². The largest absolute Gasteiger partial charge is 0.399 e. The lowest BCUT2D eigenvalue weighted by Crippen LogP contribution is -2.36. The molecule has 0 heterocycles. The maximum atomic E-state index is 11.5. The summed E-state index contributed by atoms with van der Waals surface area (Å²) >= 11 is 0. The highest BCUT2D eigenvalue weighted by molar-refractivity contribution is 5.77. The third-order valence-electron chi connectivity index (χ3n) is 2.57. The molecule has 1 aromatic rings. The van der Waals surface area contributed by atoms with E-state index in [9.17, 15) is 4.79 Å². The zero-order chi connectivity index (χ0) is 12.7. The quantitative estimate of drug-likeness (QED) is 0.729. The Hall–Kier alpha value is -1.55. The summed E-state index contributed by atoms with van der Waals surface area (Å²) < 4.78 is 0. The molecule has 0 radical (unpaired) electrons. The Labute approximate surface area is 103 Å². The monoisotopic (exact) mass is 235 g/mol. The maximum Gasteiger partial charge on any atom is 0.234 e. The van der Waals surface area contributed by atoms with Crippen LogP contribution < -0.4 is 11.1 Å². The molecule has 0 saturated carbocycles. The molecule has 0 bridgehead atoms. The van der Waals surface area contributed by atoms with Crippen LogP contribution in [0.15, 0.2) is 24.3 Å². The lowest BCUT2D eigenvalue weighted by atomic mass is 10.2. The normalized spacial score (nSPS) is 10.5. The van der Waals surface area contributed by atoms with Gasteiger partial charge in [-0.1, -0.05) is 19.1 Å². The molecule has 1 aromatic carbocycles. The van der Waals surface area contributed by atoms with E-state index in [1.54, 1.807) is 0 Å². The van der Waals surface area contributed by atoms with Crippen molar-refractivity contribution in [3.05, 3.63) is 29.8 Å². The third kappa shape index (κ3) is 4.87. The number of rotatable bonds is 6. The molecular weight excluding hydrogens is 214 g/mol. The van der Waals surface area contributed by atoms with E-state index in [2.05, 4.69) is 17.1 Å². The summed E-state index contributed by atoms with van der Waals surface area (Å²) in [5, 5.41) is 2.80. The first-order valence-electron chi connectivity index (χ1n) is 5.99. The highest BCUT2D eigenvalue weighted by Gasteiger charge is 2.08. The summed E-state index contributed by atoms with van der Waals surface area (Å²) in [6.45, 7) is 6.72. The zero-order valence-electron chi connectivity index (χ0n) is 10.6. The van der Waals surface area contributed by atoms with Gasteiger partial charge in [0.25, 0.3) is 0 Å². The van der Waals surface area contributed by atoms with Crippen molar-refractivity contribution in [2.45, 2.75) is 20.4 Å². The summed E-state index contributed by atoms with van der Waals surface area (Å²) in [5.41, 5.74) is 7.57. The Bertz CT molecular complexity index is 348. The standard InChI is InChI=1S/C13H21N3O/c1-3-15-13(17)10-16(4-2)9-11-5-7-12(14)8-6-11/h5-8H,3-4,9-10,14H2,1-2H3,(H,15,17). The highest BCUT2D eigenvalue weighted by Crippen LogP contribution is 2.08. The average Bonchev–Trinajstić information content (AvgIpc) is 2.31. The molecule has 0 spiro atoms. The first-order chi connectivity index (χ1) is 8.15. The van der Waals surface area contributed by atoms with Crippen molar-refractivity contribution in [1.29, 1.82) is 0 Å². The van der Waals surface area contributed by atoms with Gasteiger partial charge in [-0.25, -0.2) is 0 Å². The molecule has 1 rings (SSSR count). The van der Waals surface area contributed by atoms with Crippen LogP contribution in [0.3, 0.4) is 0 Å². The molecule has 0 aromatic heterocycles. The molecule has 4 nitrogen and oxygen atoms in total. The Morgan fingerprint density at radius 1 is 1.29 bits per heavy atom. The van der Waals surface area contributed by atoms with Gasteiger partial charge >= 0.3 is 0 Å². The van der Waals surface area contributed by atoms with Gasteiger partial charge in [0.2, 0.25) is 5.91 Å². The number of nitrogens with zero attached hydrogens (tertiary/aromatic N) is 1. The molecule has 0 aliphatic rings. The molecule has 17 heavy (non-hydrogen) atoms. The number of likely N-dealkylation sites (N-methyl/N-ethyl adjacent to an activating group) is 2. The highest BCUT2D eigenvalue weighted by atomic mass is 16.2. The van der Waals surface area contributed by atoms with Gasteiger partial charge in [-0.05, 0) is 31.2 Å². The van der Waals surface area contributed by atoms with E-state index >= 15 is 0 Å². The number of nitrogen functional groups attached to an aromatic ring is 1. The van der Waals surface area contributed by atoms with E-state index in [0.29, 0.717) is 13.1 Å². The maximum absolute atomic E-state index is 11.5. The number of nitrogens with one attached hydrogen (secondary N) is 1. The lowest BCUT2D eigenvalue weighted by Gasteiger charge is -2.19. The van der Waals surface area contributed by atoms with Gasteiger partial charge in [0, 0.05) is 18.8 Å². The summed E-state index contributed by atoms with van der Waals surface area (Å²) in [5.74, 6) is 0.0739. The van der Waals surface area contributed by atoms with Crippen LogP contribution in [0, 0.1) is 0 Å². The molecule has 94 valence electrons. The molecule has 0 aliphatic heterocycles. The molecule has 3 N–H and O–H groups in total.